The summed E-state index contributed by atoms with van der Waals surface area (Å²) in [7, 11) is 2.08. The van der Waals surface area contributed by atoms with Crippen molar-refractivity contribution in [2.45, 2.75) is 13.0 Å². The highest BCUT2D eigenvalue weighted by Gasteiger charge is 2.23. The van der Waals surface area contributed by atoms with Crippen LogP contribution in [0.1, 0.15) is 12.0 Å². The molecule has 0 aliphatic carbocycles. The zero-order chi connectivity index (χ0) is 18.0. The first-order valence-electron chi connectivity index (χ1n) is 9.51. The molecule has 0 radical (unpaired) electrons. The number of anilines is 1. The van der Waals surface area contributed by atoms with Crippen LogP contribution in [0.25, 0.3) is 33.1 Å². The molecule has 0 saturated carbocycles. The van der Waals surface area contributed by atoms with Crippen molar-refractivity contribution >= 4 is 27.5 Å². The highest BCUT2D eigenvalue weighted by molar-refractivity contribution is 6.03. The van der Waals surface area contributed by atoms with Gasteiger partial charge in [0, 0.05) is 47.4 Å². The Balaban J connectivity index is 1.57. The molecule has 0 bridgehead atoms. The van der Waals surface area contributed by atoms with E-state index in [-0.39, 0.29) is 0 Å². The van der Waals surface area contributed by atoms with Gasteiger partial charge < -0.3 is 9.64 Å². The van der Waals surface area contributed by atoms with Crippen molar-refractivity contribution in [2.75, 3.05) is 18.0 Å². The van der Waals surface area contributed by atoms with E-state index in [0.717, 1.165) is 41.2 Å². The lowest BCUT2D eigenvalue weighted by Gasteiger charge is -2.34. The van der Waals surface area contributed by atoms with E-state index in [2.05, 4.69) is 71.2 Å². The Morgan fingerprint density at radius 1 is 1.04 bits per heavy atom. The standard InChI is InChI=1S/C23H20N3O/c1-25-13-20-19(17-5-2-3-6-21(17)25)11-15-14-27-22-12-16(26-9-4-10-26)7-8-18(22)23(15)24-20/h2-3,5-8,11-13H,4,9-10,14H2,1H3/q+1. The van der Waals surface area contributed by atoms with Crippen molar-refractivity contribution in [3.8, 4) is 17.0 Å². The Morgan fingerprint density at radius 2 is 1.93 bits per heavy atom. The number of pyridine rings is 2. The minimum absolute atomic E-state index is 0.573. The highest BCUT2D eigenvalue weighted by Crippen LogP contribution is 2.40. The number of fused-ring (bicyclic) bond motifs is 6. The molecule has 2 aliphatic rings. The van der Waals surface area contributed by atoms with Crippen molar-refractivity contribution in [2.24, 2.45) is 7.05 Å². The molecular formula is C23H20N3O+. The number of aryl methyl sites for hydroxylation is 1. The zero-order valence-electron chi connectivity index (χ0n) is 15.3. The van der Waals surface area contributed by atoms with E-state index >= 15 is 0 Å². The van der Waals surface area contributed by atoms with Gasteiger partial charge in [0.2, 0.25) is 5.52 Å². The van der Waals surface area contributed by atoms with Crippen molar-refractivity contribution in [3.63, 3.8) is 0 Å². The fraction of sp³-hybridized carbons (Fsp3) is 0.217. The van der Waals surface area contributed by atoms with Gasteiger partial charge in [-0.2, -0.15) is 4.57 Å². The monoisotopic (exact) mass is 354 g/mol. The van der Waals surface area contributed by atoms with Crippen LogP contribution in [0, 0.1) is 0 Å². The lowest BCUT2D eigenvalue weighted by Crippen LogP contribution is -2.36. The summed E-state index contributed by atoms with van der Waals surface area (Å²) in [6.07, 6.45) is 3.40. The van der Waals surface area contributed by atoms with Crippen molar-refractivity contribution in [1.29, 1.82) is 0 Å². The molecule has 6 rings (SSSR count). The van der Waals surface area contributed by atoms with Gasteiger partial charge in [0.25, 0.3) is 0 Å². The number of ether oxygens (including phenoxy) is 1. The molecular weight excluding hydrogens is 334 g/mol. The molecule has 0 atom stereocenters. The molecule has 4 heterocycles. The quantitative estimate of drug-likeness (QED) is 0.382. The van der Waals surface area contributed by atoms with Crippen LogP contribution in [0.3, 0.4) is 0 Å². The molecule has 0 unspecified atom stereocenters. The third kappa shape index (κ3) is 2.16. The first-order chi connectivity index (χ1) is 13.3. The Morgan fingerprint density at radius 3 is 2.78 bits per heavy atom. The number of hydrogen-bond acceptors (Lipinski definition) is 3. The van der Waals surface area contributed by atoms with Gasteiger partial charge >= 0.3 is 0 Å². The topological polar surface area (TPSA) is 29.2 Å². The van der Waals surface area contributed by atoms with E-state index in [9.17, 15) is 0 Å². The predicted octanol–water partition coefficient (Wildman–Crippen LogP) is 3.98. The third-order valence-electron chi connectivity index (χ3n) is 5.85. The van der Waals surface area contributed by atoms with Gasteiger partial charge in [0.05, 0.1) is 11.1 Å². The van der Waals surface area contributed by atoms with Crippen molar-refractivity contribution < 1.29 is 9.30 Å². The SMILES string of the molecule is C[n+]1cc2nc3c(cc2c2ccccc21)COc1cc(N2CCC2)ccc1-3. The van der Waals surface area contributed by atoms with E-state index in [1.54, 1.807) is 0 Å². The minimum Gasteiger partial charge on any atom is -0.488 e. The zero-order valence-corrected chi connectivity index (χ0v) is 15.3. The number of benzene rings is 2. The Kier molecular flexibility index (Phi) is 3.01. The molecule has 2 aromatic heterocycles. The minimum atomic E-state index is 0.573. The Labute approximate surface area is 157 Å². The largest absolute Gasteiger partial charge is 0.488 e. The normalized spacial score (nSPS) is 15.2. The smallest absolute Gasteiger partial charge is 0.212 e. The summed E-state index contributed by atoms with van der Waals surface area (Å²) in [4.78, 5) is 7.45. The summed E-state index contributed by atoms with van der Waals surface area (Å²) < 4.78 is 8.28. The predicted molar refractivity (Wildman–Crippen MR) is 107 cm³/mol. The first-order valence-corrected chi connectivity index (χ1v) is 9.51. The van der Waals surface area contributed by atoms with Gasteiger partial charge in [-0.1, -0.05) is 12.1 Å². The first kappa shape index (κ1) is 15.0. The summed E-state index contributed by atoms with van der Waals surface area (Å²) in [5.41, 5.74) is 6.79. The third-order valence-corrected chi connectivity index (χ3v) is 5.85. The van der Waals surface area contributed by atoms with Crippen molar-refractivity contribution in [1.82, 2.24) is 4.98 Å². The molecule has 4 nitrogen and oxygen atoms in total. The summed E-state index contributed by atoms with van der Waals surface area (Å²) in [6, 6.07) is 17.3. The molecule has 2 aromatic carbocycles. The average molecular weight is 354 g/mol. The Bertz CT molecular complexity index is 1230. The molecule has 0 spiro atoms. The van der Waals surface area contributed by atoms with Gasteiger partial charge in [-0.15, -0.1) is 0 Å². The highest BCUT2D eigenvalue weighted by atomic mass is 16.5. The molecule has 0 amide bonds. The number of rotatable bonds is 1. The lowest BCUT2D eigenvalue weighted by atomic mass is 9.98. The molecule has 1 saturated heterocycles. The number of hydrogen-bond donors (Lipinski definition) is 0. The van der Waals surface area contributed by atoms with Gasteiger partial charge in [0.1, 0.15) is 24.9 Å². The molecule has 0 N–H and O–H groups in total. The van der Waals surface area contributed by atoms with Crippen LogP contribution in [-0.2, 0) is 13.7 Å². The number of para-hydroxylation sites is 1. The van der Waals surface area contributed by atoms with Gasteiger partial charge in [0.15, 0.2) is 6.20 Å². The summed E-state index contributed by atoms with van der Waals surface area (Å²) in [5, 5.41) is 2.42. The summed E-state index contributed by atoms with van der Waals surface area (Å²) >= 11 is 0. The molecule has 4 aromatic rings. The average Bonchev–Trinajstić information content (AvgIpc) is 2.65. The van der Waals surface area contributed by atoms with Gasteiger partial charge in [-0.3, -0.25) is 0 Å². The molecule has 2 aliphatic heterocycles. The van der Waals surface area contributed by atoms with Gasteiger partial charge in [-0.25, -0.2) is 4.98 Å². The summed E-state index contributed by atoms with van der Waals surface area (Å²) in [5.74, 6) is 0.948. The van der Waals surface area contributed by atoms with E-state index in [0.29, 0.717) is 6.61 Å². The van der Waals surface area contributed by atoms with Crippen molar-refractivity contribution in [3.05, 3.63) is 60.3 Å². The van der Waals surface area contributed by atoms with E-state index in [4.69, 9.17) is 9.72 Å². The lowest BCUT2D eigenvalue weighted by molar-refractivity contribution is -0.643. The number of aromatic nitrogens is 2. The fourth-order valence-corrected chi connectivity index (χ4v) is 4.24. The van der Waals surface area contributed by atoms with Crippen LogP contribution in [0.15, 0.2) is 54.7 Å². The van der Waals surface area contributed by atoms with Gasteiger partial charge in [-0.05, 0) is 30.7 Å². The molecule has 1 fully saturated rings. The summed E-state index contributed by atoms with van der Waals surface area (Å²) in [6.45, 7) is 2.85. The van der Waals surface area contributed by atoms with Crippen LogP contribution in [-0.4, -0.2) is 18.1 Å². The molecule has 4 heteroatoms. The second kappa shape index (κ2) is 5.43. The van der Waals surface area contributed by atoms with Crippen LogP contribution >= 0.6 is 0 Å². The maximum Gasteiger partial charge on any atom is 0.212 e. The second-order valence-electron chi connectivity index (χ2n) is 7.50. The molecule has 132 valence electrons. The molecule has 27 heavy (non-hydrogen) atoms. The van der Waals surface area contributed by atoms with E-state index < -0.39 is 0 Å². The van der Waals surface area contributed by atoms with Crippen LogP contribution in [0.2, 0.25) is 0 Å². The maximum absolute atomic E-state index is 6.12. The second-order valence-corrected chi connectivity index (χ2v) is 7.50. The van der Waals surface area contributed by atoms with Crippen LogP contribution in [0.5, 0.6) is 5.75 Å². The fourth-order valence-electron chi connectivity index (χ4n) is 4.24. The maximum atomic E-state index is 6.12. The van der Waals surface area contributed by atoms with E-state index in [1.165, 1.54) is 28.4 Å². The number of nitrogens with zero attached hydrogens (tertiary/aromatic N) is 3. The van der Waals surface area contributed by atoms with Crippen LogP contribution < -0.4 is 14.2 Å². The van der Waals surface area contributed by atoms with Crippen LogP contribution in [0.4, 0.5) is 5.69 Å². The van der Waals surface area contributed by atoms with E-state index in [1.807, 2.05) is 0 Å². The Hall–Kier alpha value is -3.14.